The zero-order chi connectivity index (χ0) is 26.5. The number of nitrogens with one attached hydrogen (secondary N) is 2. The molecule has 1 aliphatic carbocycles. The summed E-state index contributed by atoms with van der Waals surface area (Å²) in [7, 11) is 0. The van der Waals surface area contributed by atoms with Gasteiger partial charge in [-0.1, -0.05) is 6.07 Å². The van der Waals surface area contributed by atoms with Crippen LogP contribution in [0.25, 0.3) is 0 Å². The number of halogens is 4. The monoisotopic (exact) mass is 616 g/mol. The molecule has 198 valence electrons. The first kappa shape index (κ1) is 26.2. The molecule has 3 aromatic rings. The van der Waals surface area contributed by atoms with Crippen molar-refractivity contribution in [3.05, 3.63) is 48.6 Å². The highest BCUT2D eigenvalue weighted by Crippen LogP contribution is 2.47. The van der Waals surface area contributed by atoms with E-state index in [0.29, 0.717) is 17.0 Å². The number of ether oxygens (including phenoxy) is 1. The van der Waals surface area contributed by atoms with Crippen LogP contribution in [0, 0.1) is 0 Å². The summed E-state index contributed by atoms with van der Waals surface area (Å²) < 4.78 is 48.5. The van der Waals surface area contributed by atoms with Crippen LogP contribution < -0.4 is 10.6 Å². The predicted molar refractivity (Wildman–Crippen MR) is 140 cm³/mol. The van der Waals surface area contributed by atoms with E-state index in [-0.39, 0.29) is 28.5 Å². The van der Waals surface area contributed by atoms with Crippen LogP contribution in [0.4, 0.5) is 24.0 Å². The van der Waals surface area contributed by atoms with E-state index < -0.39 is 30.1 Å². The van der Waals surface area contributed by atoms with Crippen LogP contribution in [-0.2, 0) is 17.6 Å². The number of aryl methyl sites for hydroxylation is 1. The lowest BCUT2D eigenvalue weighted by Gasteiger charge is -2.33. The van der Waals surface area contributed by atoms with E-state index in [4.69, 9.17) is 4.74 Å². The molecule has 0 aromatic carbocycles. The van der Waals surface area contributed by atoms with Crippen molar-refractivity contribution < 1.29 is 27.5 Å². The van der Waals surface area contributed by atoms with Gasteiger partial charge in [-0.25, -0.2) is 9.48 Å². The summed E-state index contributed by atoms with van der Waals surface area (Å²) in [5.41, 5.74) is 1.00. The lowest BCUT2D eigenvalue weighted by Crippen LogP contribution is -2.35. The van der Waals surface area contributed by atoms with Gasteiger partial charge < -0.3 is 15.4 Å². The van der Waals surface area contributed by atoms with Gasteiger partial charge in [0.2, 0.25) is 0 Å². The Hall–Kier alpha value is -2.38. The lowest BCUT2D eigenvalue weighted by molar-refractivity contribution is -0.173. The highest BCUT2D eigenvalue weighted by atomic mass is 79.9. The van der Waals surface area contributed by atoms with E-state index in [2.05, 4.69) is 31.7 Å². The Labute approximate surface area is 227 Å². The molecule has 0 unspecified atom stereocenters. The van der Waals surface area contributed by atoms with Gasteiger partial charge in [-0.3, -0.25) is 4.79 Å². The van der Waals surface area contributed by atoms with E-state index >= 15 is 0 Å². The third-order valence-electron chi connectivity index (χ3n) is 6.34. The van der Waals surface area contributed by atoms with Crippen LogP contribution in [0.3, 0.4) is 0 Å². The van der Waals surface area contributed by atoms with Gasteiger partial charge in [0.05, 0.1) is 22.2 Å². The van der Waals surface area contributed by atoms with Crippen molar-refractivity contribution in [2.45, 2.75) is 70.3 Å². The minimum Gasteiger partial charge on any atom is -0.459 e. The molecule has 4 heterocycles. The van der Waals surface area contributed by atoms with E-state index in [9.17, 15) is 22.8 Å². The molecule has 0 fully saturated rings. The highest BCUT2D eigenvalue weighted by molar-refractivity contribution is 9.10. The number of nitrogens with zero attached hydrogens (tertiary/aromatic N) is 2. The third kappa shape index (κ3) is 5.05. The predicted octanol–water partition coefficient (Wildman–Crippen LogP) is 7.13. The van der Waals surface area contributed by atoms with Crippen molar-refractivity contribution in [2.75, 3.05) is 10.6 Å². The first-order valence-corrected chi connectivity index (χ1v) is 14.3. The second kappa shape index (κ2) is 10.1. The number of fused-ring (bicyclic) bond motifs is 2. The average Bonchev–Trinajstić information content (AvgIpc) is 3.55. The molecule has 1 aliphatic heterocycles. The number of hydrogen-bond acceptors (Lipinski definition) is 7. The molecule has 13 heteroatoms. The van der Waals surface area contributed by atoms with Crippen LogP contribution in [0.5, 0.6) is 0 Å². The van der Waals surface area contributed by atoms with Gasteiger partial charge in [-0.05, 0) is 72.5 Å². The Morgan fingerprint density at radius 1 is 1.30 bits per heavy atom. The molecule has 0 spiro atoms. The summed E-state index contributed by atoms with van der Waals surface area (Å²) in [5, 5.41) is 12.1. The molecule has 3 aromatic heterocycles. The maximum Gasteiger partial charge on any atom is 0.410 e. The molecule has 2 atom stereocenters. The summed E-state index contributed by atoms with van der Waals surface area (Å²) in [4.78, 5) is 28.1. The second-order valence-corrected chi connectivity index (χ2v) is 12.2. The van der Waals surface area contributed by atoms with Crippen molar-refractivity contribution in [2.24, 2.45) is 0 Å². The highest BCUT2D eigenvalue weighted by Gasteiger charge is 2.48. The number of esters is 1. The molecule has 2 N–H and O–H groups in total. The fraction of sp³-hybridized carbons (Fsp3) is 0.458. The van der Waals surface area contributed by atoms with Crippen molar-refractivity contribution >= 4 is 61.3 Å². The van der Waals surface area contributed by atoms with Crippen LogP contribution in [-0.4, -0.2) is 33.9 Å². The van der Waals surface area contributed by atoms with Gasteiger partial charge in [0.1, 0.15) is 10.8 Å². The van der Waals surface area contributed by atoms with Gasteiger partial charge in [-0.2, -0.15) is 18.3 Å². The Morgan fingerprint density at radius 2 is 2.05 bits per heavy atom. The lowest BCUT2D eigenvalue weighted by atomic mass is 9.95. The van der Waals surface area contributed by atoms with Crippen LogP contribution in [0.15, 0.2) is 22.0 Å². The molecule has 2 aliphatic rings. The normalized spacial score (nSPS) is 19.2. The number of aromatic nitrogens is 2. The molecular weight excluding hydrogens is 593 g/mol. The molecule has 1 amide bonds. The number of carbonyl (C=O) groups excluding carboxylic acids is 2. The molecule has 0 radical (unpaired) electrons. The summed E-state index contributed by atoms with van der Waals surface area (Å²) in [6.07, 6.45) is -1.76. The average molecular weight is 618 g/mol. The van der Waals surface area contributed by atoms with Crippen molar-refractivity contribution in [3.8, 4) is 0 Å². The van der Waals surface area contributed by atoms with E-state index in [1.165, 1.54) is 22.7 Å². The van der Waals surface area contributed by atoms with Gasteiger partial charge in [0.25, 0.3) is 5.91 Å². The van der Waals surface area contributed by atoms with Crippen LogP contribution in [0.2, 0.25) is 0 Å². The molecular formula is C24H24BrF3N4O3S2. The van der Waals surface area contributed by atoms with Crippen LogP contribution >= 0.6 is 38.6 Å². The molecule has 0 bridgehead atoms. The van der Waals surface area contributed by atoms with Crippen molar-refractivity contribution in [1.82, 2.24) is 9.78 Å². The summed E-state index contributed by atoms with van der Waals surface area (Å²) in [5.74, 6) is -1.14. The minimum absolute atomic E-state index is 0.0852. The quantitative estimate of drug-likeness (QED) is 0.298. The molecule has 0 saturated carbocycles. The van der Waals surface area contributed by atoms with Crippen molar-refractivity contribution in [1.29, 1.82) is 0 Å². The van der Waals surface area contributed by atoms with Gasteiger partial charge in [0.15, 0.2) is 11.7 Å². The van der Waals surface area contributed by atoms with E-state index in [1.807, 2.05) is 5.38 Å². The molecule has 37 heavy (non-hydrogen) atoms. The SMILES string of the molecule is CC(C)OC(=O)c1c(NC(=O)c2nn3c(c2Br)N[C@@H](c2cccs2)C[C@@H]3C(F)(F)F)sc2c1CCCC2. The van der Waals surface area contributed by atoms with Gasteiger partial charge in [0, 0.05) is 16.2 Å². The first-order chi connectivity index (χ1) is 17.5. The minimum atomic E-state index is -4.56. The first-order valence-electron chi connectivity index (χ1n) is 11.9. The zero-order valence-corrected chi connectivity index (χ0v) is 23.2. The summed E-state index contributed by atoms with van der Waals surface area (Å²) in [6, 6.07) is 1.08. The van der Waals surface area contributed by atoms with Crippen molar-refractivity contribution in [3.63, 3.8) is 0 Å². The van der Waals surface area contributed by atoms with E-state index in [1.54, 1.807) is 26.0 Å². The number of amides is 1. The molecule has 7 nitrogen and oxygen atoms in total. The number of anilines is 2. The van der Waals surface area contributed by atoms with Gasteiger partial charge in [-0.15, -0.1) is 22.7 Å². The fourth-order valence-electron chi connectivity index (χ4n) is 4.72. The Bertz CT molecular complexity index is 1330. The number of rotatable bonds is 5. The second-order valence-electron chi connectivity index (χ2n) is 9.28. The third-order valence-corrected chi connectivity index (χ3v) is 9.29. The maximum absolute atomic E-state index is 14.1. The zero-order valence-electron chi connectivity index (χ0n) is 19.9. The number of carbonyl (C=O) groups is 2. The van der Waals surface area contributed by atoms with Gasteiger partial charge >= 0.3 is 12.1 Å². The maximum atomic E-state index is 14.1. The Kier molecular flexibility index (Phi) is 7.14. The molecule has 5 rings (SSSR count). The number of alkyl halides is 3. The summed E-state index contributed by atoms with van der Waals surface area (Å²) in [6.45, 7) is 3.49. The van der Waals surface area contributed by atoms with Crippen LogP contribution in [0.1, 0.15) is 81.4 Å². The fourth-order valence-corrected chi connectivity index (χ4v) is 7.33. The smallest absolute Gasteiger partial charge is 0.410 e. The number of thiophene rings is 2. The standard InChI is InChI=1S/C24H24BrF3N4O3S2/c1-11(2)35-23(34)17-12-6-3-4-7-14(12)37-22(17)30-21(33)19-18(25)20-29-13(15-8-5-9-36-15)10-16(24(26,27)28)32(20)31-19/h5,8-9,11,13,16,29H,3-4,6-7,10H2,1-2H3,(H,30,33)/t13-,16-/m1/s1. The topological polar surface area (TPSA) is 85.2 Å². The Morgan fingerprint density at radius 3 is 2.73 bits per heavy atom. The molecule has 0 saturated heterocycles. The number of hydrogen-bond donors (Lipinski definition) is 2. The largest absolute Gasteiger partial charge is 0.459 e. The van der Waals surface area contributed by atoms with E-state index in [0.717, 1.165) is 39.3 Å². The Balaban J connectivity index is 1.49. The summed E-state index contributed by atoms with van der Waals surface area (Å²) >= 11 is 5.98.